The Balaban J connectivity index is 0.000000386. The van der Waals surface area contributed by atoms with Gasteiger partial charge in [-0.1, -0.05) is 47.1 Å². The molecule has 2 rings (SSSR count). The Bertz CT molecular complexity index is 435. The lowest BCUT2D eigenvalue weighted by molar-refractivity contribution is 0.563. The molecule has 0 aliphatic heterocycles. The number of hydrogen-bond donors (Lipinski definition) is 0. The number of pyridine rings is 1. The van der Waals surface area contributed by atoms with E-state index < -0.39 is 0 Å². The van der Waals surface area contributed by atoms with Crippen LogP contribution in [-0.2, 0) is 5.41 Å². The molecule has 0 saturated heterocycles. The molecule has 2 aromatic rings. The Morgan fingerprint density at radius 1 is 1.19 bits per heavy atom. The molecule has 2 aromatic heterocycles. The number of imidazole rings is 1. The fraction of sp³-hybridized carbons (Fsp3) is 0.500. The molecule has 2 nitrogen and oxygen atoms in total. The summed E-state index contributed by atoms with van der Waals surface area (Å²) in [7, 11) is 0. The highest BCUT2D eigenvalue weighted by Crippen LogP contribution is 2.22. The highest BCUT2D eigenvalue weighted by Gasteiger charge is 2.17. The van der Waals surface area contributed by atoms with Gasteiger partial charge in [0.05, 0.1) is 0 Å². The van der Waals surface area contributed by atoms with E-state index in [0.29, 0.717) is 0 Å². The van der Waals surface area contributed by atoms with Gasteiger partial charge in [0.15, 0.2) is 0 Å². The predicted molar refractivity (Wildman–Crippen MR) is 69.9 cm³/mol. The van der Waals surface area contributed by atoms with Gasteiger partial charge in [0.2, 0.25) is 0 Å². The lowest BCUT2D eigenvalue weighted by Crippen LogP contribution is -2.13. The molecule has 2 heterocycles. The topological polar surface area (TPSA) is 17.3 Å². The van der Waals surface area contributed by atoms with Gasteiger partial charge in [-0.25, -0.2) is 4.98 Å². The largest absolute Gasteiger partial charge is 0.304 e. The first-order valence-corrected chi connectivity index (χ1v) is 5.93. The lowest BCUT2D eigenvalue weighted by atomic mass is 9.93. The third kappa shape index (κ3) is 2.84. The Labute approximate surface area is 98.3 Å². The average molecular weight is 218 g/mol. The number of fused-ring (bicyclic) bond motifs is 1. The van der Waals surface area contributed by atoms with Crippen molar-refractivity contribution >= 4 is 5.65 Å². The third-order valence-corrected chi connectivity index (χ3v) is 2.19. The second kappa shape index (κ2) is 5.15. The second-order valence-corrected chi connectivity index (χ2v) is 5.03. The molecule has 0 radical (unpaired) electrons. The summed E-state index contributed by atoms with van der Waals surface area (Å²) >= 11 is 0. The molecule has 88 valence electrons. The van der Waals surface area contributed by atoms with Crippen LogP contribution in [0, 0.1) is 0 Å². The summed E-state index contributed by atoms with van der Waals surface area (Å²) in [6, 6.07) is 6.06. The van der Waals surface area contributed by atoms with Crippen molar-refractivity contribution < 1.29 is 0 Å². The Kier molecular flexibility index (Phi) is 4.11. The predicted octanol–water partition coefficient (Wildman–Crippen LogP) is 4.05. The van der Waals surface area contributed by atoms with Gasteiger partial charge in [-0.3, -0.25) is 0 Å². The van der Waals surface area contributed by atoms with Gasteiger partial charge < -0.3 is 4.40 Å². The van der Waals surface area contributed by atoms with Crippen LogP contribution in [0.25, 0.3) is 5.65 Å². The summed E-state index contributed by atoms with van der Waals surface area (Å²) in [6.07, 6.45) is 5.26. The Morgan fingerprint density at radius 3 is 2.38 bits per heavy atom. The van der Waals surface area contributed by atoms with Crippen molar-refractivity contribution in [2.75, 3.05) is 0 Å². The molecule has 16 heavy (non-hydrogen) atoms. The minimum atomic E-state index is 0.154. The van der Waals surface area contributed by atoms with Crippen molar-refractivity contribution in [3.63, 3.8) is 0 Å². The summed E-state index contributed by atoms with van der Waals surface area (Å²) in [5, 5.41) is 0. The van der Waals surface area contributed by atoms with Gasteiger partial charge in [0, 0.05) is 23.5 Å². The molecule has 0 bridgehead atoms. The Morgan fingerprint density at radius 2 is 1.81 bits per heavy atom. The molecule has 0 unspecified atom stereocenters. The molecule has 0 amide bonds. The minimum absolute atomic E-state index is 0.154. The Hall–Kier alpha value is -1.31. The molecule has 2 heteroatoms. The van der Waals surface area contributed by atoms with E-state index in [2.05, 4.69) is 50.2 Å². The van der Waals surface area contributed by atoms with Gasteiger partial charge in [-0.2, -0.15) is 0 Å². The van der Waals surface area contributed by atoms with Crippen LogP contribution in [-0.4, -0.2) is 9.38 Å². The molecule has 0 saturated carbocycles. The van der Waals surface area contributed by atoms with Crippen LogP contribution in [0.2, 0.25) is 0 Å². The van der Waals surface area contributed by atoms with E-state index >= 15 is 0 Å². The number of nitrogens with zero attached hydrogens (tertiary/aromatic N) is 2. The molecule has 0 aliphatic rings. The van der Waals surface area contributed by atoms with Gasteiger partial charge in [0.25, 0.3) is 0 Å². The molecule has 0 spiro atoms. The van der Waals surface area contributed by atoms with E-state index in [1.54, 1.807) is 0 Å². The normalized spacial score (nSPS) is 11.1. The zero-order valence-electron chi connectivity index (χ0n) is 11.0. The van der Waals surface area contributed by atoms with Crippen molar-refractivity contribution in [1.29, 1.82) is 0 Å². The van der Waals surface area contributed by atoms with Crippen molar-refractivity contribution in [3.05, 3.63) is 36.3 Å². The van der Waals surface area contributed by atoms with Crippen LogP contribution >= 0.6 is 0 Å². The van der Waals surface area contributed by atoms with Gasteiger partial charge in [0.1, 0.15) is 5.65 Å². The summed E-state index contributed by atoms with van der Waals surface area (Å²) in [5.41, 5.74) is 2.43. The maximum Gasteiger partial charge on any atom is 0.136 e. The van der Waals surface area contributed by atoms with E-state index in [0.717, 1.165) is 5.65 Å². The van der Waals surface area contributed by atoms with E-state index in [-0.39, 0.29) is 5.41 Å². The fourth-order valence-corrected chi connectivity index (χ4v) is 1.49. The summed E-state index contributed by atoms with van der Waals surface area (Å²) in [5.74, 6) is 0. The molecule has 0 atom stereocenters. The first kappa shape index (κ1) is 12.8. The molecule has 0 fully saturated rings. The minimum Gasteiger partial charge on any atom is -0.304 e. The SMILES string of the molecule is CC(C)(C)c1cnc2ccccn12.CCC. The van der Waals surface area contributed by atoms with Crippen molar-refractivity contribution in [1.82, 2.24) is 9.38 Å². The second-order valence-electron chi connectivity index (χ2n) is 5.03. The maximum atomic E-state index is 4.35. The number of hydrogen-bond acceptors (Lipinski definition) is 1. The molecule has 0 N–H and O–H groups in total. The first-order valence-electron chi connectivity index (χ1n) is 5.93. The van der Waals surface area contributed by atoms with Crippen LogP contribution in [0.3, 0.4) is 0 Å². The van der Waals surface area contributed by atoms with Crippen LogP contribution in [0.4, 0.5) is 0 Å². The number of rotatable bonds is 0. The van der Waals surface area contributed by atoms with E-state index in [4.69, 9.17) is 0 Å². The average Bonchev–Trinajstić information content (AvgIpc) is 2.61. The van der Waals surface area contributed by atoms with Crippen molar-refractivity contribution in [2.24, 2.45) is 0 Å². The molecule has 0 aromatic carbocycles. The summed E-state index contributed by atoms with van der Waals surface area (Å²) in [6.45, 7) is 10.8. The smallest absolute Gasteiger partial charge is 0.136 e. The number of aromatic nitrogens is 2. The van der Waals surface area contributed by atoms with Gasteiger partial charge >= 0.3 is 0 Å². The van der Waals surface area contributed by atoms with Crippen molar-refractivity contribution in [2.45, 2.75) is 46.5 Å². The van der Waals surface area contributed by atoms with E-state index in [1.165, 1.54) is 12.1 Å². The van der Waals surface area contributed by atoms with Crippen LogP contribution in [0.1, 0.15) is 46.7 Å². The zero-order valence-corrected chi connectivity index (χ0v) is 11.0. The highest BCUT2D eigenvalue weighted by molar-refractivity contribution is 5.41. The van der Waals surface area contributed by atoms with Crippen molar-refractivity contribution in [3.8, 4) is 0 Å². The third-order valence-electron chi connectivity index (χ3n) is 2.19. The zero-order chi connectivity index (χ0) is 12.2. The van der Waals surface area contributed by atoms with Gasteiger partial charge in [-0.05, 0) is 12.1 Å². The summed E-state index contributed by atoms with van der Waals surface area (Å²) in [4.78, 5) is 4.35. The highest BCUT2D eigenvalue weighted by atomic mass is 15.0. The van der Waals surface area contributed by atoms with Crippen LogP contribution in [0.5, 0.6) is 0 Å². The molecular weight excluding hydrogens is 196 g/mol. The quantitative estimate of drug-likeness (QED) is 0.652. The van der Waals surface area contributed by atoms with Crippen LogP contribution in [0.15, 0.2) is 30.6 Å². The summed E-state index contributed by atoms with van der Waals surface area (Å²) < 4.78 is 2.14. The molecular formula is C14H22N2. The first-order chi connectivity index (χ1) is 7.50. The monoisotopic (exact) mass is 218 g/mol. The standard InChI is InChI=1S/C11H14N2.C3H8/c1-11(2,3)9-8-12-10-6-4-5-7-13(9)10;1-3-2/h4-8H,1-3H3;3H2,1-2H3. The maximum absolute atomic E-state index is 4.35. The fourth-order valence-electron chi connectivity index (χ4n) is 1.49. The molecule has 0 aliphatic carbocycles. The van der Waals surface area contributed by atoms with E-state index in [9.17, 15) is 0 Å². The van der Waals surface area contributed by atoms with Gasteiger partial charge in [-0.15, -0.1) is 0 Å². The van der Waals surface area contributed by atoms with E-state index in [1.807, 2.05) is 24.4 Å². The van der Waals surface area contributed by atoms with Crippen LogP contribution < -0.4 is 0 Å². The lowest BCUT2D eigenvalue weighted by Gasteiger charge is -2.17.